The normalized spacial score (nSPS) is 11.5. The molecule has 1 aromatic carbocycles. The summed E-state index contributed by atoms with van der Waals surface area (Å²) >= 11 is 0. The van der Waals surface area contributed by atoms with Crippen LogP contribution < -0.4 is 4.74 Å². The van der Waals surface area contributed by atoms with Gasteiger partial charge >= 0.3 is 0 Å². The first kappa shape index (κ1) is 13.9. The summed E-state index contributed by atoms with van der Waals surface area (Å²) < 4.78 is 30.3. The molecule has 2 aromatic rings. The van der Waals surface area contributed by atoms with Gasteiger partial charge < -0.3 is 9.30 Å². The molecule has 0 spiro atoms. The van der Waals surface area contributed by atoms with Crippen LogP contribution in [0.1, 0.15) is 11.3 Å². The number of imidazole rings is 1. The molecular weight excluding hydrogens is 288 g/mol. The van der Waals surface area contributed by atoms with Crippen LogP contribution in [0.5, 0.6) is 5.75 Å². The number of rotatable bonds is 4. The molecule has 7 heteroatoms. The van der Waals surface area contributed by atoms with E-state index in [9.17, 15) is 8.42 Å². The summed E-state index contributed by atoms with van der Waals surface area (Å²) in [6.45, 7) is 2.01. The van der Waals surface area contributed by atoms with Crippen LogP contribution in [-0.4, -0.2) is 18.0 Å². The van der Waals surface area contributed by atoms with Crippen LogP contribution in [0.4, 0.5) is 0 Å². The Bertz CT molecular complexity index is 695. The van der Waals surface area contributed by atoms with Gasteiger partial charge in [-0.2, -0.15) is 0 Å². The molecule has 5 nitrogen and oxygen atoms in total. The Morgan fingerprint density at radius 3 is 2.74 bits per heavy atom. The standard InChI is InChI=1S/C12H13ClN2O3S/c1-9-3-4-11(12(5-9)19(13,16)17)18-7-10-6-14-8-15(10)2/h3-6,8H,7H2,1-2H3. The maximum Gasteiger partial charge on any atom is 0.264 e. The average molecular weight is 301 g/mol. The number of hydrogen-bond donors (Lipinski definition) is 0. The Morgan fingerprint density at radius 2 is 2.16 bits per heavy atom. The Kier molecular flexibility index (Phi) is 3.82. The Hall–Kier alpha value is -1.53. The summed E-state index contributed by atoms with van der Waals surface area (Å²) in [4.78, 5) is 3.94. The molecule has 1 heterocycles. The second-order valence-corrected chi connectivity index (χ2v) is 6.71. The van der Waals surface area contributed by atoms with Crippen molar-refractivity contribution in [3.63, 3.8) is 0 Å². The van der Waals surface area contributed by atoms with Crippen LogP contribution >= 0.6 is 10.7 Å². The predicted octanol–water partition coefficient (Wildman–Crippen LogP) is 2.24. The van der Waals surface area contributed by atoms with Crippen molar-refractivity contribution in [3.05, 3.63) is 42.0 Å². The number of hydrogen-bond acceptors (Lipinski definition) is 4. The highest BCUT2D eigenvalue weighted by atomic mass is 35.7. The fraction of sp³-hybridized carbons (Fsp3) is 0.250. The van der Waals surface area contributed by atoms with Crippen molar-refractivity contribution in [1.29, 1.82) is 0 Å². The number of nitrogens with zero attached hydrogens (tertiary/aromatic N) is 2. The largest absolute Gasteiger partial charge is 0.486 e. The minimum atomic E-state index is -3.83. The molecule has 0 bridgehead atoms. The lowest BCUT2D eigenvalue weighted by molar-refractivity contribution is 0.289. The lowest BCUT2D eigenvalue weighted by atomic mass is 10.2. The second kappa shape index (κ2) is 5.22. The van der Waals surface area contributed by atoms with E-state index in [1.54, 1.807) is 36.1 Å². The molecule has 19 heavy (non-hydrogen) atoms. The summed E-state index contributed by atoms with van der Waals surface area (Å²) in [5, 5.41) is 0. The number of halogens is 1. The van der Waals surface area contributed by atoms with Gasteiger partial charge in [-0.3, -0.25) is 0 Å². The highest BCUT2D eigenvalue weighted by molar-refractivity contribution is 8.13. The van der Waals surface area contributed by atoms with E-state index in [-0.39, 0.29) is 17.3 Å². The monoisotopic (exact) mass is 300 g/mol. The maximum atomic E-state index is 11.5. The van der Waals surface area contributed by atoms with Crippen LogP contribution in [0.3, 0.4) is 0 Å². The summed E-state index contributed by atoms with van der Waals surface area (Å²) in [6, 6.07) is 4.85. The zero-order valence-corrected chi connectivity index (χ0v) is 12.1. The van der Waals surface area contributed by atoms with Crippen molar-refractivity contribution in [3.8, 4) is 5.75 Å². The summed E-state index contributed by atoms with van der Waals surface area (Å²) in [6.07, 6.45) is 3.30. The fourth-order valence-electron chi connectivity index (χ4n) is 1.60. The molecule has 0 unspecified atom stereocenters. The summed E-state index contributed by atoms with van der Waals surface area (Å²) in [5.74, 6) is 0.238. The van der Waals surface area contributed by atoms with Crippen molar-refractivity contribution in [2.75, 3.05) is 0 Å². The lowest BCUT2D eigenvalue weighted by Gasteiger charge is -2.10. The molecule has 0 amide bonds. The molecule has 0 saturated carbocycles. The highest BCUT2D eigenvalue weighted by Gasteiger charge is 2.17. The zero-order valence-electron chi connectivity index (χ0n) is 10.5. The maximum absolute atomic E-state index is 11.5. The smallest absolute Gasteiger partial charge is 0.264 e. The van der Waals surface area contributed by atoms with Gasteiger partial charge in [0.1, 0.15) is 17.3 Å². The molecule has 2 rings (SSSR count). The third kappa shape index (κ3) is 3.27. The first-order valence-corrected chi connectivity index (χ1v) is 7.82. The third-order valence-electron chi connectivity index (χ3n) is 2.65. The Labute approximate surface area is 116 Å². The van der Waals surface area contributed by atoms with Crippen LogP contribution in [0.15, 0.2) is 35.6 Å². The Morgan fingerprint density at radius 1 is 1.42 bits per heavy atom. The molecule has 1 aromatic heterocycles. The molecule has 0 aliphatic heterocycles. The van der Waals surface area contributed by atoms with E-state index in [2.05, 4.69) is 4.98 Å². The van der Waals surface area contributed by atoms with E-state index in [1.807, 2.05) is 7.05 Å². The summed E-state index contributed by atoms with van der Waals surface area (Å²) in [7, 11) is 3.40. The molecule has 0 radical (unpaired) electrons. The second-order valence-electron chi connectivity index (χ2n) is 4.17. The van der Waals surface area contributed by atoms with Crippen molar-refractivity contribution < 1.29 is 13.2 Å². The van der Waals surface area contributed by atoms with E-state index >= 15 is 0 Å². The molecule has 0 atom stereocenters. The van der Waals surface area contributed by atoms with Gasteiger partial charge in [-0.15, -0.1) is 0 Å². The molecule has 0 fully saturated rings. The van der Waals surface area contributed by atoms with Crippen molar-refractivity contribution in [2.24, 2.45) is 7.05 Å². The van der Waals surface area contributed by atoms with Gasteiger partial charge in [0, 0.05) is 17.7 Å². The molecule has 0 saturated heterocycles. The number of benzene rings is 1. The van der Waals surface area contributed by atoms with E-state index in [4.69, 9.17) is 15.4 Å². The van der Waals surface area contributed by atoms with Crippen LogP contribution in [-0.2, 0) is 22.7 Å². The predicted molar refractivity (Wildman–Crippen MR) is 71.8 cm³/mol. The zero-order chi connectivity index (χ0) is 14.0. The first-order valence-electron chi connectivity index (χ1n) is 5.51. The SMILES string of the molecule is Cc1ccc(OCc2cncn2C)c(S(=O)(=O)Cl)c1. The topological polar surface area (TPSA) is 61.2 Å². The van der Waals surface area contributed by atoms with Gasteiger partial charge in [-0.1, -0.05) is 6.07 Å². The van der Waals surface area contributed by atoms with E-state index < -0.39 is 9.05 Å². The van der Waals surface area contributed by atoms with Gasteiger partial charge in [0.25, 0.3) is 9.05 Å². The van der Waals surface area contributed by atoms with Gasteiger partial charge in [-0.05, 0) is 24.6 Å². The average Bonchev–Trinajstić information content (AvgIpc) is 2.72. The van der Waals surface area contributed by atoms with E-state index in [0.29, 0.717) is 0 Å². The first-order chi connectivity index (χ1) is 8.88. The van der Waals surface area contributed by atoms with Gasteiger partial charge in [0.2, 0.25) is 0 Å². The van der Waals surface area contributed by atoms with E-state index in [0.717, 1.165) is 11.3 Å². The minimum absolute atomic E-state index is 0.0173. The summed E-state index contributed by atoms with van der Waals surface area (Å²) in [5.41, 5.74) is 1.63. The van der Waals surface area contributed by atoms with Crippen LogP contribution in [0, 0.1) is 6.92 Å². The van der Waals surface area contributed by atoms with E-state index in [1.165, 1.54) is 6.07 Å². The van der Waals surface area contributed by atoms with Crippen molar-refractivity contribution in [2.45, 2.75) is 18.4 Å². The van der Waals surface area contributed by atoms with Crippen molar-refractivity contribution >= 4 is 19.7 Å². The van der Waals surface area contributed by atoms with Gasteiger partial charge in [-0.25, -0.2) is 13.4 Å². The number of aryl methyl sites for hydroxylation is 2. The molecule has 0 N–H and O–H groups in total. The van der Waals surface area contributed by atoms with Crippen LogP contribution in [0.2, 0.25) is 0 Å². The lowest BCUT2D eigenvalue weighted by Crippen LogP contribution is -2.04. The molecule has 0 aliphatic carbocycles. The highest BCUT2D eigenvalue weighted by Crippen LogP contribution is 2.28. The fourth-order valence-corrected chi connectivity index (χ4v) is 2.66. The molecule has 0 aliphatic rings. The molecular formula is C12H13ClN2O3S. The number of aromatic nitrogens is 2. The van der Waals surface area contributed by atoms with Crippen LogP contribution in [0.25, 0.3) is 0 Å². The van der Waals surface area contributed by atoms with Gasteiger partial charge in [0.15, 0.2) is 0 Å². The third-order valence-corrected chi connectivity index (χ3v) is 4.00. The molecule has 102 valence electrons. The quantitative estimate of drug-likeness (QED) is 0.812. The van der Waals surface area contributed by atoms with Gasteiger partial charge in [0.05, 0.1) is 18.2 Å². The van der Waals surface area contributed by atoms with Crippen molar-refractivity contribution in [1.82, 2.24) is 9.55 Å². The Balaban J connectivity index is 2.28. The minimum Gasteiger partial charge on any atom is -0.486 e. The number of ether oxygens (including phenoxy) is 1.